The summed E-state index contributed by atoms with van der Waals surface area (Å²) >= 11 is 0. The van der Waals surface area contributed by atoms with E-state index in [1.807, 2.05) is 59.3 Å². The highest BCUT2D eigenvalue weighted by molar-refractivity contribution is 5.98. The van der Waals surface area contributed by atoms with Gasteiger partial charge < -0.3 is 15.4 Å². The molecule has 0 radical (unpaired) electrons. The lowest BCUT2D eigenvalue weighted by molar-refractivity contribution is -0.129. The second kappa shape index (κ2) is 12.0. The van der Waals surface area contributed by atoms with Crippen LogP contribution in [-0.2, 0) is 4.79 Å². The number of likely N-dealkylation sites (tertiary alicyclic amines) is 1. The van der Waals surface area contributed by atoms with Gasteiger partial charge in [0.05, 0.1) is 11.4 Å². The molecule has 2 aromatic carbocycles. The predicted octanol–water partition coefficient (Wildman–Crippen LogP) is 4.57. The number of unbranched alkanes of at least 4 members (excludes halogenated alkanes) is 2. The second-order valence-electron chi connectivity index (χ2n) is 9.61. The number of nitrogen functional groups attached to an aromatic ring is 1. The van der Waals surface area contributed by atoms with Crippen molar-refractivity contribution in [1.82, 2.24) is 30.1 Å². The first-order valence-corrected chi connectivity index (χ1v) is 13.1. The molecule has 10 heteroatoms. The van der Waals surface area contributed by atoms with E-state index in [1.54, 1.807) is 5.48 Å². The predicted molar refractivity (Wildman–Crippen MR) is 145 cm³/mol. The van der Waals surface area contributed by atoms with Gasteiger partial charge >= 0.3 is 0 Å². The molecule has 1 fully saturated rings. The molecular formula is C28H33N7O3. The van der Waals surface area contributed by atoms with Gasteiger partial charge in [-0.15, -0.1) is 0 Å². The third-order valence-electron chi connectivity index (χ3n) is 7.03. The zero-order valence-electron chi connectivity index (χ0n) is 21.3. The number of anilines is 1. The number of fused-ring (bicyclic) bond motifs is 1. The average Bonchev–Trinajstić information content (AvgIpc) is 3.35. The van der Waals surface area contributed by atoms with Gasteiger partial charge in [-0.25, -0.2) is 20.1 Å². The summed E-state index contributed by atoms with van der Waals surface area (Å²) in [5.41, 5.74) is 10.5. The van der Waals surface area contributed by atoms with E-state index in [9.17, 15) is 4.79 Å². The molecule has 10 nitrogen and oxygen atoms in total. The number of hydrogen-bond acceptors (Lipinski definition) is 8. The van der Waals surface area contributed by atoms with Crippen molar-refractivity contribution in [2.45, 2.75) is 44.6 Å². The number of nitrogens with zero attached hydrogens (tertiary/aromatic N) is 5. The highest BCUT2D eigenvalue weighted by atomic mass is 16.5. The molecule has 0 unspecified atom stereocenters. The van der Waals surface area contributed by atoms with Gasteiger partial charge in [-0.1, -0.05) is 24.6 Å². The van der Waals surface area contributed by atoms with Gasteiger partial charge in [0.25, 0.3) is 0 Å². The Balaban J connectivity index is 1.26. The maximum Gasteiger partial charge on any atom is 0.243 e. The second-order valence-corrected chi connectivity index (χ2v) is 9.61. The van der Waals surface area contributed by atoms with Crippen molar-refractivity contribution in [2.75, 3.05) is 25.4 Å². The largest absolute Gasteiger partial charge is 0.457 e. The Morgan fingerprint density at radius 1 is 1.00 bits per heavy atom. The fourth-order valence-corrected chi connectivity index (χ4v) is 5.00. The van der Waals surface area contributed by atoms with E-state index >= 15 is 0 Å². The molecule has 2 aromatic heterocycles. The minimum absolute atomic E-state index is 0.228. The number of ether oxygens (including phenoxy) is 1. The van der Waals surface area contributed by atoms with Crippen LogP contribution in [0.25, 0.3) is 22.3 Å². The summed E-state index contributed by atoms with van der Waals surface area (Å²) in [6, 6.07) is 17.8. The van der Waals surface area contributed by atoms with E-state index in [4.69, 9.17) is 20.8 Å². The van der Waals surface area contributed by atoms with Crippen molar-refractivity contribution in [3.05, 3.63) is 60.9 Å². The molecule has 1 amide bonds. The molecule has 0 spiro atoms. The Kier molecular flexibility index (Phi) is 8.10. The fourth-order valence-electron chi connectivity index (χ4n) is 5.00. The van der Waals surface area contributed by atoms with E-state index in [2.05, 4.69) is 14.9 Å². The van der Waals surface area contributed by atoms with Gasteiger partial charge in [0.1, 0.15) is 29.3 Å². The number of carbonyl (C=O) groups excluding carboxylic acids is 1. The lowest BCUT2D eigenvalue weighted by Gasteiger charge is -2.32. The number of para-hydroxylation sites is 1. The minimum atomic E-state index is -0.322. The zero-order chi connectivity index (χ0) is 26.3. The number of rotatable bonds is 10. The number of nitrogens with two attached hydrogens (primary N) is 1. The van der Waals surface area contributed by atoms with Crippen molar-refractivity contribution in [2.24, 2.45) is 0 Å². The van der Waals surface area contributed by atoms with Crippen LogP contribution in [0.15, 0.2) is 60.9 Å². The monoisotopic (exact) mass is 515 g/mol. The highest BCUT2D eigenvalue weighted by Crippen LogP contribution is 2.35. The van der Waals surface area contributed by atoms with Crippen LogP contribution < -0.4 is 16.0 Å². The molecule has 0 aliphatic carbocycles. The van der Waals surface area contributed by atoms with Gasteiger partial charge in [-0.3, -0.25) is 10.0 Å². The molecule has 4 aromatic rings. The van der Waals surface area contributed by atoms with Crippen LogP contribution in [0.2, 0.25) is 0 Å². The quantitative estimate of drug-likeness (QED) is 0.159. The molecule has 0 saturated carbocycles. The number of aromatic nitrogens is 4. The van der Waals surface area contributed by atoms with Gasteiger partial charge in [0, 0.05) is 25.1 Å². The van der Waals surface area contributed by atoms with Crippen LogP contribution in [0.5, 0.6) is 11.5 Å². The maximum atomic E-state index is 11.1. The topological polar surface area (TPSA) is 131 Å². The smallest absolute Gasteiger partial charge is 0.243 e. The van der Waals surface area contributed by atoms with Crippen LogP contribution in [-0.4, -0.2) is 55.4 Å². The zero-order valence-corrected chi connectivity index (χ0v) is 21.3. The summed E-state index contributed by atoms with van der Waals surface area (Å²) in [4.78, 5) is 22.4. The number of hydroxylamine groups is 1. The van der Waals surface area contributed by atoms with E-state index in [-0.39, 0.29) is 11.9 Å². The summed E-state index contributed by atoms with van der Waals surface area (Å²) in [7, 11) is 0. The molecule has 0 bridgehead atoms. The van der Waals surface area contributed by atoms with Gasteiger partial charge in [0.15, 0.2) is 5.65 Å². The number of piperidine rings is 1. The number of benzene rings is 2. The summed E-state index contributed by atoms with van der Waals surface area (Å²) in [6.45, 7) is 2.96. The minimum Gasteiger partial charge on any atom is -0.457 e. The Morgan fingerprint density at radius 3 is 2.47 bits per heavy atom. The average molecular weight is 516 g/mol. The molecule has 5 rings (SSSR count). The van der Waals surface area contributed by atoms with Crippen molar-refractivity contribution < 1.29 is 14.7 Å². The lowest BCUT2D eigenvalue weighted by atomic mass is 10.0. The van der Waals surface area contributed by atoms with E-state index in [0.717, 1.165) is 85.5 Å². The summed E-state index contributed by atoms with van der Waals surface area (Å²) in [6.07, 6.45) is 6.58. The van der Waals surface area contributed by atoms with Crippen LogP contribution >= 0.6 is 0 Å². The molecule has 198 valence electrons. The standard InChI is InChI=1S/C28H33N7O3/c29-27-25-26(20-10-12-23(13-11-20)38-22-7-3-1-4-8-22)32-35(28(25)31-19-30-27)21-14-17-34(18-15-21)16-6-2-5-9-24(36)33-37/h1,3-4,7-8,10-13,19,21,37H,2,5-6,9,14-18H2,(H,33,36)(H2,29,30,31). The molecule has 0 atom stereocenters. The summed E-state index contributed by atoms with van der Waals surface area (Å²) in [5.74, 6) is 1.63. The summed E-state index contributed by atoms with van der Waals surface area (Å²) in [5, 5.41) is 14.4. The van der Waals surface area contributed by atoms with Crippen LogP contribution in [0, 0.1) is 0 Å². The molecule has 1 saturated heterocycles. The lowest BCUT2D eigenvalue weighted by Crippen LogP contribution is -2.35. The number of amides is 1. The van der Waals surface area contributed by atoms with Crippen LogP contribution in [0.1, 0.15) is 44.6 Å². The number of nitrogens with one attached hydrogen (secondary N) is 1. The molecule has 4 N–H and O–H groups in total. The molecule has 3 heterocycles. The first-order chi connectivity index (χ1) is 18.6. The Bertz CT molecular complexity index is 1350. The number of carbonyl (C=O) groups is 1. The maximum absolute atomic E-state index is 11.1. The van der Waals surface area contributed by atoms with Gasteiger partial charge in [0.2, 0.25) is 5.91 Å². The van der Waals surface area contributed by atoms with E-state index in [0.29, 0.717) is 12.2 Å². The molecule has 1 aliphatic rings. The Morgan fingerprint density at radius 2 is 1.74 bits per heavy atom. The molecule has 1 aliphatic heterocycles. The number of hydrogen-bond donors (Lipinski definition) is 3. The van der Waals surface area contributed by atoms with Crippen LogP contribution in [0.4, 0.5) is 5.82 Å². The van der Waals surface area contributed by atoms with Crippen molar-refractivity contribution in [1.29, 1.82) is 0 Å². The highest BCUT2D eigenvalue weighted by Gasteiger charge is 2.26. The van der Waals surface area contributed by atoms with Crippen LogP contribution in [0.3, 0.4) is 0 Å². The van der Waals surface area contributed by atoms with E-state index in [1.165, 1.54) is 6.33 Å². The van der Waals surface area contributed by atoms with Crippen molar-refractivity contribution in [3.8, 4) is 22.8 Å². The third kappa shape index (κ3) is 5.92. The van der Waals surface area contributed by atoms with Crippen molar-refractivity contribution in [3.63, 3.8) is 0 Å². The molecule has 38 heavy (non-hydrogen) atoms. The first kappa shape index (κ1) is 25.6. The fraction of sp³-hybridized carbons (Fsp3) is 0.357. The van der Waals surface area contributed by atoms with Gasteiger partial charge in [-0.2, -0.15) is 5.10 Å². The van der Waals surface area contributed by atoms with Crippen molar-refractivity contribution >= 4 is 22.8 Å². The normalized spacial score (nSPS) is 14.6. The molecular weight excluding hydrogens is 482 g/mol. The van der Waals surface area contributed by atoms with E-state index < -0.39 is 0 Å². The summed E-state index contributed by atoms with van der Waals surface area (Å²) < 4.78 is 7.97. The SMILES string of the molecule is Nc1ncnc2c1c(-c1ccc(Oc3ccccc3)cc1)nn2C1CCN(CCCCCC(=O)NO)CC1. The first-order valence-electron chi connectivity index (χ1n) is 13.1. The third-order valence-corrected chi connectivity index (χ3v) is 7.03. The van der Waals surface area contributed by atoms with Gasteiger partial charge in [-0.05, 0) is 68.6 Å². The Labute approximate surface area is 221 Å². The Hall–Kier alpha value is -4.02.